The third-order valence-corrected chi connectivity index (χ3v) is 2.36. The van der Waals surface area contributed by atoms with Gasteiger partial charge in [0.05, 0.1) is 0 Å². The maximum absolute atomic E-state index is 12.3. The number of nitrogens with zero attached hydrogens (tertiary/aromatic N) is 1. The van der Waals surface area contributed by atoms with E-state index >= 15 is 0 Å². The number of hydrogen-bond acceptors (Lipinski definition) is 2. The van der Waals surface area contributed by atoms with E-state index in [1.54, 1.807) is 0 Å². The molecule has 0 radical (unpaired) electrons. The van der Waals surface area contributed by atoms with Crippen LogP contribution in [0.2, 0.25) is 0 Å². The van der Waals surface area contributed by atoms with Gasteiger partial charge in [0.25, 0.3) is 0 Å². The Bertz CT molecular complexity index is 404. The first-order valence-electron chi connectivity index (χ1n) is 4.01. The van der Waals surface area contributed by atoms with Crippen molar-refractivity contribution in [2.45, 2.75) is 19.5 Å². The Morgan fingerprint density at radius 3 is 2.06 bits per heavy atom. The quantitative estimate of drug-likeness (QED) is 0.424. The van der Waals surface area contributed by atoms with Crippen molar-refractivity contribution in [3.8, 4) is 5.75 Å². The topological polar surface area (TPSA) is 22.1 Å². The van der Waals surface area contributed by atoms with Crippen molar-refractivity contribution in [2.75, 3.05) is 0 Å². The molecule has 17 heavy (non-hydrogen) atoms. The van der Waals surface area contributed by atoms with Crippen LogP contribution in [0.1, 0.15) is 11.3 Å². The molecule has 0 aliphatic carbocycles. The van der Waals surface area contributed by atoms with Crippen molar-refractivity contribution >= 4 is 22.6 Å². The third-order valence-electron chi connectivity index (χ3n) is 1.63. The minimum atomic E-state index is -4.97. The smallest absolute Gasteiger partial charge is 0.403 e. The molecule has 0 atom stereocenters. The monoisotopic (exact) mass is 371 g/mol. The Morgan fingerprint density at radius 1 is 1.18 bits per heavy atom. The molecule has 0 aromatic carbocycles. The van der Waals surface area contributed by atoms with Gasteiger partial charge in [-0.05, 0) is 41.1 Å². The molecule has 1 aromatic heterocycles. The van der Waals surface area contributed by atoms with E-state index in [1.165, 1.54) is 22.6 Å². The van der Waals surface area contributed by atoms with Gasteiger partial charge in [-0.3, -0.25) is 0 Å². The Labute approximate surface area is 105 Å². The van der Waals surface area contributed by atoms with E-state index < -0.39 is 27.7 Å². The number of pyridine rings is 1. The summed E-state index contributed by atoms with van der Waals surface area (Å²) in [6.45, 7) is 1.08. The second-order valence-electron chi connectivity index (χ2n) is 2.99. The van der Waals surface area contributed by atoms with E-state index in [1.807, 2.05) is 0 Å². The lowest BCUT2D eigenvalue weighted by atomic mass is 10.2. The summed E-state index contributed by atoms with van der Waals surface area (Å²) >= 11 is 1.26. The Balaban J connectivity index is 3.20. The fourth-order valence-electron chi connectivity index (χ4n) is 1.01. The lowest BCUT2D eigenvalue weighted by molar-refractivity contribution is -0.275. The van der Waals surface area contributed by atoms with Crippen LogP contribution < -0.4 is 4.74 Å². The summed E-state index contributed by atoms with van der Waals surface area (Å²) in [5.41, 5.74) is -1.54. The first kappa shape index (κ1) is 14.3. The first-order chi connectivity index (χ1) is 7.50. The molecular formula is C8H4F6INO. The summed E-state index contributed by atoms with van der Waals surface area (Å²) in [4.78, 5) is 3.03. The second-order valence-corrected chi connectivity index (χ2v) is 4.01. The maximum atomic E-state index is 12.3. The molecule has 1 aromatic rings. The predicted molar refractivity (Wildman–Crippen MR) is 53.4 cm³/mol. The Morgan fingerprint density at radius 2 is 1.71 bits per heavy atom. The molecule has 0 bridgehead atoms. The number of hydrogen-bond donors (Lipinski definition) is 0. The average Bonchev–Trinajstić information content (AvgIpc) is 2.07. The van der Waals surface area contributed by atoms with E-state index in [4.69, 9.17) is 0 Å². The van der Waals surface area contributed by atoms with Crippen molar-refractivity contribution < 1.29 is 31.1 Å². The van der Waals surface area contributed by atoms with Gasteiger partial charge in [-0.2, -0.15) is 13.2 Å². The van der Waals surface area contributed by atoms with Crippen LogP contribution in [0.5, 0.6) is 5.75 Å². The molecule has 2 nitrogen and oxygen atoms in total. The zero-order chi connectivity index (χ0) is 13.4. The number of alkyl halides is 6. The normalized spacial score (nSPS) is 12.7. The van der Waals surface area contributed by atoms with E-state index in [-0.39, 0.29) is 5.56 Å². The van der Waals surface area contributed by atoms with Crippen LogP contribution in [0.25, 0.3) is 0 Å². The average molecular weight is 371 g/mol. The van der Waals surface area contributed by atoms with Gasteiger partial charge in [-0.1, -0.05) is 0 Å². The summed E-state index contributed by atoms with van der Waals surface area (Å²) in [6, 6.07) is 0.503. The van der Waals surface area contributed by atoms with Gasteiger partial charge >= 0.3 is 12.5 Å². The predicted octanol–water partition coefficient (Wildman–Crippen LogP) is 3.91. The summed E-state index contributed by atoms with van der Waals surface area (Å²) in [5.74, 6) is -0.717. The minimum Gasteiger partial charge on any atom is -0.403 e. The van der Waals surface area contributed by atoms with Crippen molar-refractivity contribution in [1.29, 1.82) is 0 Å². The van der Waals surface area contributed by atoms with Crippen molar-refractivity contribution in [1.82, 2.24) is 4.98 Å². The summed E-state index contributed by atoms with van der Waals surface area (Å²) < 4.78 is 75.8. The zero-order valence-corrected chi connectivity index (χ0v) is 10.2. The Hall–Kier alpha value is -0.740. The molecule has 0 unspecified atom stereocenters. The molecule has 0 aliphatic heterocycles. The second kappa shape index (κ2) is 4.50. The van der Waals surface area contributed by atoms with Gasteiger partial charge in [0.1, 0.15) is 9.39 Å². The van der Waals surface area contributed by atoms with E-state index in [9.17, 15) is 26.3 Å². The van der Waals surface area contributed by atoms with E-state index in [2.05, 4.69) is 9.72 Å². The molecule has 0 fully saturated rings. The van der Waals surface area contributed by atoms with Crippen LogP contribution in [0.3, 0.4) is 0 Å². The lowest BCUT2D eigenvalue weighted by Crippen LogP contribution is -2.20. The molecule has 0 spiro atoms. The third kappa shape index (κ3) is 3.89. The molecule has 0 amide bonds. The standard InChI is InChI=1S/C8H4F6INO/c1-3-2-4(7(9,10)11)16-6(15)5(3)17-8(12,13)14/h2H,1H3. The lowest BCUT2D eigenvalue weighted by Gasteiger charge is -2.14. The summed E-state index contributed by atoms with van der Waals surface area (Å²) in [6.07, 6.45) is -9.67. The molecule has 0 saturated carbocycles. The van der Waals surface area contributed by atoms with Gasteiger partial charge in [0.15, 0.2) is 5.75 Å². The van der Waals surface area contributed by atoms with Crippen LogP contribution in [-0.4, -0.2) is 11.3 Å². The molecular weight excluding hydrogens is 367 g/mol. The van der Waals surface area contributed by atoms with Gasteiger partial charge in [-0.15, -0.1) is 13.2 Å². The number of rotatable bonds is 1. The molecule has 0 saturated heterocycles. The van der Waals surface area contributed by atoms with Gasteiger partial charge < -0.3 is 4.74 Å². The number of halogens is 7. The van der Waals surface area contributed by atoms with Gasteiger partial charge in [0.2, 0.25) is 0 Å². The highest BCUT2D eigenvalue weighted by atomic mass is 127. The van der Waals surface area contributed by atoms with Crippen LogP contribution in [-0.2, 0) is 6.18 Å². The molecule has 96 valence electrons. The molecule has 9 heteroatoms. The van der Waals surface area contributed by atoms with Gasteiger partial charge in [-0.25, -0.2) is 4.98 Å². The molecule has 0 N–H and O–H groups in total. The van der Waals surface area contributed by atoms with Gasteiger partial charge in [0, 0.05) is 0 Å². The number of aryl methyl sites for hydroxylation is 1. The maximum Gasteiger partial charge on any atom is 0.573 e. The SMILES string of the molecule is Cc1cc(C(F)(F)F)nc(I)c1OC(F)(F)F. The van der Waals surface area contributed by atoms with Crippen LogP contribution in [0.15, 0.2) is 6.07 Å². The van der Waals surface area contributed by atoms with E-state index in [0.29, 0.717) is 6.07 Å². The van der Waals surface area contributed by atoms with Crippen LogP contribution in [0.4, 0.5) is 26.3 Å². The first-order valence-corrected chi connectivity index (χ1v) is 5.08. The van der Waals surface area contributed by atoms with Crippen LogP contribution in [0, 0.1) is 10.6 Å². The fourth-order valence-corrected chi connectivity index (χ4v) is 1.80. The molecule has 1 rings (SSSR count). The summed E-state index contributed by atoms with van der Waals surface area (Å²) in [5, 5.41) is 0. The van der Waals surface area contributed by atoms with Crippen molar-refractivity contribution in [2.24, 2.45) is 0 Å². The zero-order valence-electron chi connectivity index (χ0n) is 8.08. The molecule has 0 aliphatic rings. The largest absolute Gasteiger partial charge is 0.573 e. The Kier molecular flexibility index (Phi) is 3.79. The highest BCUT2D eigenvalue weighted by molar-refractivity contribution is 14.1. The van der Waals surface area contributed by atoms with E-state index in [0.717, 1.165) is 6.92 Å². The molecule has 1 heterocycles. The number of ether oxygens (including phenoxy) is 1. The summed E-state index contributed by atoms with van der Waals surface area (Å²) in [7, 11) is 0. The fraction of sp³-hybridized carbons (Fsp3) is 0.375. The number of aromatic nitrogens is 1. The highest BCUT2D eigenvalue weighted by Gasteiger charge is 2.36. The highest BCUT2D eigenvalue weighted by Crippen LogP contribution is 2.35. The van der Waals surface area contributed by atoms with Crippen LogP contribution >= 0.6 is 22.6 Å². The minimum absolute atomic E-state index is 0.283. The van der Waals surface area contributed by atoms with Crippen molar-refractivity contribution in [3.05, 3.63) is 21.0 Å². The van der Waals surface area contributed by atoms with Crippen molar-refractivity contribution in [3.63, 3.8) is 0 Å².